The molecule has 21 heavy (non-hydrogen) atoms. The molecule has 0 saturated carbocycles. The van der Waals surface area contributed by atoms with Gasteiger partial charge in [0.1, 0.15) is 12.4 Å². The highest BCUT2D eigenvalue weighted by atomic mass is 35.5. The van der Waals surface area contributed by atoms with Crippen molar-refractivity contribution in [3.05, 3.63) is 64.7 Å². The fourth-order valence-electron chi connectivity index (χ4n) is 1.68. The number of amides is 1. The molecule has 2 aromatic carbocycles. The van der Waals surface area contributed by atoms with Crippen LogP contribution in [-0.2, 0) is 11.4 Å². The van der Waals surface area contributed by atoms with E-state index >= 15 is 0 Å². The molecular weight excluding hydrogens is 288 g/mol. The molecule has 0 aliphatic rings. The molecule has 0 heterocycles. The van der Waals surface area contributed by atoms with Crippen LogP contribution in [0.3, 0.4) is 0 Å². The maximum Gasteiger partial charge on any atom is 0.236 e. The summed E-state index contributed by atoms with van der Waals surface area (Å²) in [5.74, 6) is 0.451. The maximum absolute atomic E-state index is 10.8. The minimum Gasteiger partial charge on any atom is -0.488 e. The lowest BCUT2D eigenvalue weighted by Crippen LogP contribution is -2.12. The third-order valence-electron chi connectivity index (χ3n) is 2.69. The summed E-state index contributed by atoms with van der Waals surface area (Å²) in [5.41, 5.74) is 4.04. The molecule has 0 saturated heterocycles. The topological polar surface area (TPSA) is 50.7 Å². The van der Waals surface area contributed by atoms with Crippen molar-refractivity contribution < 1.29 is 9.53 Å². The lowest BCUT2D eigenvalue weighted by molar-refractivity contribution is -0.118. The summed E-state index contributed by atoms with van der Waals surface area (Å²) in [6.07, 6.45) is 1.54. The minimum absolute atomic E-state index is 0.222. The molecule has 0 spiro atoms. The van der Waals surface area contributed by atoms with E-state index in [9.17, 15) is 4.79 Å². The van der Waals surface area contributed by atoms with Gasteiger partial charge in [-0.1, -0.05) is 41.9 Å². The normalized spacial score (nSPS) is 10.6. The van der Waals surface area contributed by atoms with E-state index in [4.69, 9.17) is 16.3 Å². The first-order valence-electron chi connectivity index (χ1n) is 6.41. The second-order valence-corrected chi connectivity index (χ2v) is 4.75. The zero-order valence-electron chi connectivity index (χ0n) is 11.5. The van der Waals surface area contributed by atoms with Crippen LogP contribution in [0, 0.1) is 0 Å². The summed E-state index contributed by atoms with van der Waals surface area (Å²) in [7, 11) is 0. The number of carbonyl (C=O) groups is 1. The number of hydrazone groups is 1. The summed E-state index contributed by atoms with van der Waals surface area (Å²) in [4.78, 5) is 10.8. The Morgan fingerprint density at radius 2 is 1.95 bits per heavy atom. The molecule has 0 aliphatic heterocycles. The van der Waals surface area contributed by atoms with Crippen LogP contribution in [-0.4, -0.2) is 12.1 Å². The summed E-state index contributed by atoms with van der Waals surface area (Å²) in [6, 6.07) is 15.0. The summed E-state index contributed by atoms with van der Waals surface area (Å²) >= 11 is 6.09. The Morgan fingerprint density at radius 3 is 2.71 bits per heavy atom. The van der Waals surface area contributed by atoms with Gasteiger partial charge in [0.2, 0.25) is 5.91 Å². The van der Waals surface area contributed by atoms with Crippen LogP contribution in [0.5, 0.6) is 5.75 Å². The van der Waals surface area contributed by atoms with Gasteiger partial charge < -0.3 is 4.74 Å². The van der Waals surface area contributed by atoms with Crippen LogP contribution in [0.4, 0.5) is 0 Å². The number of ether oxygens (including phenoxy) is 1. The SMILES string of the molecule is CC(=O)N/N=C\c1ccccc1OCc1ccccc1Cl. The molecule has 1 N–H and O–H groups in total. The zero-order valence-corrected chi connectivity index (χ0v) is 12.3. The third-order valence-corrected chi connectivity index (χ3v) is 3.05. The van der Waals surface area contributed by atoms with Gasteiger partial charge in [0.05, 0.1) is 6.21 Å². The van der Waals surface area contributed by atoms with Gasteiger partial charge in [-0.2, -0.15) is 5.10 Å². The van der Waals surface area contributed by atoms with Gasteiger partial charge in [-0.15, -0.1) is 0 Å². The molecule has 2 aromatic rings. The van der Waals surface area contributed by atoms with Gasteiger partial charge in [-0.25, -0.2) is 5.43 Å². The van der Waals surface area contributed by atoms with Crippen molar-refractivity contribution in [1.82, 2.24) is 5.43 Å². The first-order valence-corrected chi connectivity index (χ1v) is 6.79. The molecule has 0 radical (unpaired) electrons. The molecule has 0 fully saturated rings. The number of nitrogens with one attached hydrogen (secondary N) is 1. The minimum atomic E-state index is -0.222. The molecule has 0 aliphatic carbocycles. The summed E-state index contributed by atoms with van der Waals surface area (Å²) in [5, 5.41) is 4.51. The number of hydrogen-bond donors (Lipinski definition) is 1. The van der Waals surface area contributed by atoms with Crippen molar-refractivity contribution >= 4 is 23.7 Å². The van der Waals surface area contributed by atoms with Crippen LogP contribution in [0.2, 0.25) is 5.02 Å². The number of rotatable bonds is 5. The van der Waals surface area contributed by atoms with E-state index in [1.807, 2.05) is 48.5 Å². The van der Waals surface area contributed by atoms with Gasteiger partial charge in [0.15, 0.2) is 0 Å². The standard InChI is InChI=1S/C16H15ClN2O2/c1-12(20)19-18-10-13-6-3-5-9-16(13)21-11-14-7-2-4-8-15(14)17/h2-10H,11H2,1H3,(H,19,20)/b18-10-. The van der Waals surface area contributed by atoms with Crippen molar-refractivity contribution in [3.63, 3.8) is 0 Å². The highest BCUT2D eigenvalue weighted by Gasteiger charge is 2.03. The predicted octanol–water partition coefficient (Wildman–Crippen LogP) is 3.39. The molecule has 0 bridgehead atoms. The number of carbonyl (C=O) groups excluding carboxylic acids is 1. The Labute approximate surface area is 128 Å². The number of nitrogens with zero attached hydrogens (tertiary/aromatic N) is 1. The highest BCUT2D eigenvalue weighted by molar-refractivity contribution is 6.31. The molecule has 2 rings (SSSR count). The maximum atomic E-state index is 10.8. The van der Waals surface area contributed by atoms with E-state index in [0.29, 0.717) is 17.4 Å². The average molecular weight is 303 g/mol. The Morgan fingerprint density at radius 1 is 1.24 bits per heavy atom. The molecule has 5 heteroatoms. The molecule has 0 aromatic heterocycles. The number of hydrogen-bond acceptors (Lipinski definition) is 3. The summed E-state index contributed by atoms with van der Waals surface area (Å²) < 4.78 is 5.77. The highest BCUT2D eigenvalue weighted by Crippen LogP contribution is 2.20. The molecule has 1 amide bonds. The molecule has 108 valence electrons. The molecule has 0 unspecified atom stereocenters. The molecule has 4 nitrogen and oxygen atoms in total. The van der Waals surface area contributed by atoms with Crippen molar-refractivity contribution in [2.45, 2.75) is 13.5 Å². The largest absolute Gasteiger partial charge is 0.488 e. The first kappa shape index (κ1) is 15.1. The lowest BCUT2D eigenvalue weighted by atomic mass is 10.2. The van der Waals surface area contributed by atoms with Gasteiger partial charge in [0.25, 0.3) is 0 Å². The van der Waals surface area contributed by atoms with E-state index in [0.717, 1.165) is 11.1 Å². The van der Waals surface area contributed by atoms with Gasteiger partial charge in [-0.3, -0.25) is 4.79 Å². The second kappa shape index (κ2) is 7.45. The van der Waals surface area contributed by atoms with Gasteiger partial charge >= 0.3 is 0 Å². The van der Waals surface area contributed by atoms with Crippen molar-refractivity contribution in [2.24, 2.45) is 5.10 Å². The Hall–Kier alpha value is -2.33. The smallest absolute Gasteiger partial charge is 0.236 e. The zero-order chi connectivity index (χ0) is 15.1. The van der Waals surface area contributed by atoms with Crippen LogP contribution in [0.15, 0.2) is 53.6 Å². The Bertz CT molecular complexity index is 656. The Balaban J connectivity index is 2.08. The van der Waals surface area contributed by atoms with Crippen LogP contribution in [0.25, 0.3) is 0 Å². The van der Waals surface area contributed by atoms with E-state index < -0.39 is 0 Å². The van der Waals surface area contributed by atoms with E-state index in [-0.39, 0.29) is 5.91 Å². The first-order chi connectivity index (χ1) is 10.2. The monoisotopic (exact) mass is 302 g/mol. The van der Waals surface area contributed by atoms with Crippen molar-refractivity contribution in [1.29, 1.82) is 0 Å². The van der Waals surface area contributed by atoms with Gasteiger partial charge in [-0.05, 0) is 18.2 Å². The van der Waals surface area contributed by atoms with Gasteiger partial charge in [0, 0.05) is 23.1 Å². The summed E-state index contributed by atoms with van der Waals surface area (Å²) in [6.45, 7) is 1.77. The van der Waals surface area contributed by atoms with Crippen molar-refractivity contribution in [2.75, 3.05) is 0 Å². The van der Waals surface area contributed by atoms with E-state index in [1.54, 1.807) is 6.21 Å². The number of halogens is 1. The average Bonchev–Trinajstić information content (AvgIpc) is 2.47. The van der Waals surface area contributed by atoms with Crippen LogP contribution < -0.4 is 10.2 Å². The number of benzene rings is 2. The molecule has 0 atom stereocenters. The predicted molar refractivity (Wildman–Crippen MR) is 83.6 cm³/mol. The van der Waals surface area contributed by atoms with Crippen LogP contribution >= 0.6 is 11.6 Å². The fourth-order valence-corrected chi connectivity index (χ4v) is 1.87. The third kappa shape index (κ3) is 4.61. The number of para-hydroxylation sites is 1. The fraction of sp³-hybridized carbons (Fsp3) is 0.125. The molecular formula is C16H15ClN2O2. The lowest BCUT2D eigenvalue weighted by Gasteiger charge is -2.10. The second-order valence-electron chi connectivity index (χ2n) is 4.34. The van der Waals surface area contributed by atoms with E-state index in [2.05, 4.69) is 10.5 Å². The van der Waals surface area contributed by atoms with E-state index in [1.165, 1.54) is 6.92 Å². The van der Waals surface area contributed by atoms with Crippen molar-refractivity contribution in [3.8, 4) is 5.75 Å². The quantitative estimate of drug-likeness (QED) is 0.680. The van der Waals surface area contributed by atoms with Crippen LogP contribution in [0.1, 0.15) is 18.1 Å². The Kier molecular flexibility index (Phi) is 5.35.